The summed E-state index contributed by atoms with van der Waals surface area (Å²) in [6.45, 7) is 4.58. The van der Waals surface area contributed by atoms with E-state index in [0.29, 0.717) is 12.3 Å². The Hall–Kier alpha value is -0.540. The van der Waals surface area contributed by atoms with E-state index in [1.54, 1.807) is 0 Å². The van der Waals surface area contributed by atoms with E-state index in [1.165, 1.54) is 0 Å². The average molecular weight is 258 g/mol. The van der Waals surface area contributed by atoms with Crippen LogP contribution in [0.1, 0.15) is 23.1 Å². The summed E-state index contributed by atoms with van der Waals surface area (Å²) in [6.07, 6.45) is 1.74. The summed E-state index contributed by atoms with van der Waals surface area (Å²) in [6, 6.07) is 1.98. The van der Waals surface area contributed by atoms with Gasteiger partial charge in [-0.1, -0.05) is 15.9 Å². The Morgan fingerprint density at radius 3 is 2.57 bits per heavy atom. The lowest BCUT2D eigenvalue weighted by atomic mass is 10.0. The van der Waals surface area contributed by atoms with Crippen LogP contribution in [0.15, 0.2) is 10.5 Å². The van der Waals surface area contributed by atoms with E-state index in [1.807, 2.05) is 19.9 Å². The Morgan fingerprint density at radius 1 is 1.36 bits per heavy atom. The molecule has 0 saturated heterocycles. The molecule has 0 aliphatic heterocycles. The van der Waals surface area contributed by atoms with Gasteiger partial charge in [-0.05, 0) is 56.0 Å². The number of nitrogens with two attached hydrogens (primary N) is 1. The van der Waals surface area contributed by atoms with Crippen LogP contribution in [0, 0.1) is 13.8 Å². The van der Waals surface area contributed by atoms with Crippen LogP contribution in [0.2, 0.25) is 0 Å². The summed E-state index contributed by atoms with van der Waals surface area (Å²) in [5.74, 6) is 0.416. The molecule has 0 aromatic heterocycles. The van der Waals surface area contributed by atoms with E-state index in [2.05, 4.69) is 15.9 Å². The molecule has 78 valence electrons. The molecule has 0 heterocycles. The van der Waals surface area contributed by atoms with Gasteiger partial charge in [-0.25, -0.2) is 0 Å². The van der Waals surface area contributed by atoms with Crippen LogP contribution in [-0.2, 0) is 6.42 Å². The highest BCUT2D eigenvalue weighted by Gasteiger charge is 2.09. The Morgan fingerprint density at radius 2 is 2.00 bits per heavy atom. The van der Waals surface area contributed by atoms with Crippen molar-refractivity contribution in [3.8, 4) is 5.75 Å². The second-order valence-corrected chi connectivity index (χ2v) is 4.36. The fraction of sp³-hybridized carbons (Fsp3) is 0.455. The molecule has 14 heavy (non-hydrogen) atoms. The smallest absolute Gasteiger partial charge is 0.122 e. The molecule has 0 saturated carbocycles. The largest absolute Gasteiger partial charge is 0.507 e. The molecular formula is C11H16BrNO. The van der Waals surface area contributed by atoms with E-state index in [4.69, 9.17) is 5.73 Å². The van der Waals surface area contributed by atoms with E-state index in [-0.39, 0.29) is 0 Å². The van der Waals surface area contributed by atoms with Gasteiger partial charge in [0.05, 0.1) is 0 Å². The standard InChI is InChI=1S/C11H16BrNO/c1-7-8(2)11(14)9(4-3-5-13)6-10(7)12/h6,14H,3-5,13H2,1-2H3. The molecule has 0 fully saturated rings. The molecule has 1 aromatic carbocycles. The molecule has 0 unspecified atom stereocenters. The van der Waals surface area contributed by atoms with E-state index < -0.39 is 0 Å². The molecule has 2 nitrogen and oxygen atoms in total. The minimum atomic E-state index is 0.416. The van der Waals surface area contributed by atoms with Gasteiger partial charge >= 0.3 is 0 Å². The zero-order chi connectivity index (χ0) is 10.7. The minimum Gasteiger partial charge on any atom is -0.507 e. The van der Waals surface area contributed by atoms with Crippen molar-refractivity contribution in [2.75, 3.05) is 6.54 Å². The predicted octanol–water partition coefficient (Wildman–Crippen LogP) is 2.66. The van der Waals surface area contributed by atoms with E-state index >= 15 is 0 Å². The summed E-state index contributed by atoms with van der Waals surface area (Å²) in [5, 5.41) is 9.87. The Bertz CT molecular complexity index is 337. The van der Waals surface area contributed by atoms with Gasteiger partial charge in [0.1, 0.15) is 5.75 Å². The maximum absolute atomic E-state index is 9.87. The number of aromatic hydroxyl groups is 1. The van der Waals surface area contributed by atoms with Crippen LogP contribution in [-0.4, -0.2) is 11.7 Å². The Balaban J connectivity index is 3.06. The molecular weight excluding hydrogens is 242 g/mol. The molecule has 0 spiro atoms. The molecule has 0 amide bonds. The fourth-order valence-corrected chi connectivity index (χ4v) is 1.98. The third-order valence-electron chi connectivity index (χ3n) is 2.53. The first kappa shape index (κ1) is 11.5. The molecule has 0 atom stereocenters. The van der Waals surface area contributed by atoms with Crippen molar-refractivity contribution in [2.45, 2.75) is 26.7 Å². The molecule has 1 rings (SSSR count). The highest BCUT2D eigenvalue weighted by Crippen LogP contribution is 2.31. The number of halogens is 1. The molecule has 1 aromatic rings. The van der Waals surface area contributed by atoms with Crippen molar-refractivity contribution in [1.29, 1.82) is 0 Å². The van der Waals surface area contributed by atoms with Gasteiger partial charge in [-0.2, -0.15) is 0 Å². The SMILES string of the molecule is Cc1c(Br)cc(CCCN)c(O)c1C. The molecule has 0 bridgehead atoms. The van der Waals surface area contributed by atoms with Crippen molar-refractivity contribution in [1.82, 2.24) is 0 Å². The van der Waals surface area contributed by atoms with Gasteiger partial charge in [-0.3, -0.25) is 0 Å². The Labute approximate surface area is 93.3 Å². The predicted molar refractivity (Wildman–Crippen MR) is 62.7 cm³/mol. The zero-order valence-corrected chi connectivity index (χ0v) is 10.2. The van der Waals surface area contributed by atoms with Crippen LogP contribution < -0.4 is 5.73 Å². The summed E-state index contributed by atoms with van der Waals surface area (Å²) in [4.78, 5) is 0. The highest BCUT2D eigenvalue weighted by atomic mass is 79.9. The maximum atomic E-state index is 9.87. The lowest BCUT2D eigenvalue weighted by Crippen LogP contribution is -2.01. The Kier molecular flexibility index (Phi) is 3.96. The van der Waals surface area contributed by atoms with E-state index in [9.17, 15) is 5.11 Å². The first-order valence-corrected chi connectivity index (χ1v) is 5.54. The molecule has 3 N–H and O–H groups in total. The number of rotatable bonds is 3. The topological polar surface area (TPSA) is 46.2 Å². The number of phenols is 1. The number of aryl methyl sites for hydroxylation is 1. The zero-order valence-electron chi connectivity index (χ0n) is 8.60. The highest BCUT2D eigenvalue weighted by molar-refractivity contribution is 9.10. The maximum Gasteiger partial charge on any atom is 0.122 e. The van der Waals surface area contributed by atoms with Crippen molar-refractivity contribution in [2.24, 2.45) is 5.73 Å². The van der Waals surface area contributed by atoms with Gasteiger partial charge in [0.2, 0.25) is 0 Å². The molecule has 0 aliphatic carbocycles. The van der Waals surface area contributed by atoms with Gasteiger partial charge in [-0.15, -0.1) is 0 Å². The number of benzene rings is 1. The van der Waals surface area contributed by atoms with Gasteiger partial charge in [0.25, 0.3) is 0 Å². The summed E-state index contributed by atoms with van der Waals surface area (Å²) in [7, 11) is 0. The molecule has 3 heteroatoms. The number of hydrogen-bond acceptors (Lipinski definition) is 2. The van der Waals surface area contributed by atoms with Gasteiger partial charge < -0.3 is 10.8 Å². The number of hydrogen-bond donors (Lipinski definition) is 2. The van der Waals surface area contributed by atoms with Gasteiger partial charge in [0.15, 0.2) is 0 Å². The monoisotopic (exact) mass is 257 g/mol. The fourth-order valence-electron chi connectivity index (χ4n) is 1.41. The van der Waals surface area contributed by atoms with Crippen LogP contribution in [0.3, 0.4) is 0 Å². The lowest BCUT2D eigenvalue weighted by molar-refractivity contribution is 0.462. The summed E-state index contributed by atoms with van der Waals surface area (Å²) >= 11 is 3.48. The van der Waals surface area contributed by atoms with Crippen molar-refractivity contribution in [3.63, 3.8) is 0 Å². The van der Waals surface area contributed by atoms with Crippen LogP contribution >= 0.6 is 15.9 Å². The second-order valence-electron chi connectivity index (χ2n) is 3.51. The van der Waals surface area contributed by atoms with Crippen molar-refractivity contribution < 1.29 is 5.11 Å². The van der Waals surface area contributed by atoms with Crippen LogP contribution in [0.4, 0.5) is 0 Å². The first-order chi connectivity index (χ1) is 6.57. The van der Waals surface area contributed by atoms with Crippen LogP contribution in [0.5, 0.6) is 5.75 Å². The van der Waals surface area contributed by atoms with Crippen molar-refractivity contribution >= 4 is 15.9 Å². The third-order valence-corrected chi connectivity index (χ3v) is 3.35. The third kappa shape index (κ3) is 2.28. The molecule has 0 radical (unpaired) electrons. The summed E-state index contributed by atoms with van der Waals surface area (Å²) < 4.78 is 1.06. The lowest BCUT2D eigenvalue weighted by Gasteiger charge is -2.11. The van der Waals surface area contributed by atoms with E-state index in [0.717, 1.165) is 34.0 Å². The quantitative estimate of drug-likeness (QED) is 0.875. The first-order valence-electron chi connectivity index (χ1n) is 4.75. The normalized spacial score (nSPS) is 10.6. The summed E-state index contributed by atoms with van der Waals surface area (Å²) in [5.41, 5.74) is 8.46. The second kappa shape index (κ2) is 4.80. The number of phenolic OH excluding ortho intramolecular Hbond substituents is 1. The van der Waals surface area contributed by atoms with Crippen LogP contribution in [0.25, 0.3) is 0 Å². The van der Waals surface area contributed by atoms with Gasteiger partial charge in [0, 0.05) is 4.47 Å². The molecule has 0 aliphatic rings. The average Bonchev–Trinajstić information content (AvgIpc) is 2.18. The minimum absolute atomic E-state index is 0.416. The van der Waals surface area contributed by atoms with Crippen molar-refractivity contribution in [3.05, 3.63) is 27.2 Å².